The number of nitrogens with one attached hydrogen (secondary N) is 1. The summed E-state index contributed by atoms with van der Waals surface area (Å²) in [6.45, 7) is 4.55. The Bertz CT molecular complexity index is 936. The van der Waals surface area contributed by atoms with Gasteiger partial charge in [-0.3, -0.25) is 9.78 Å². The van der Waals surface area contributed by atoms with Crippen LogP contribution < -0.4 is 0 Å². The van der Waals surface area contributed by atoms with Crippen LogP contribution in [0.25, 0.3) is 11.5 Å². The molecule has 3 aromatic heterocycles. The second-order valence-electron chi connectivity index (χ2n) is 6.89. The summed E-state index contributed by atoms with van der Waals surface area (Å²) in [5.41, 5.74) is 3.11. The molecule has 7 nitrogen and oxygen atoms in total. The molecule has 0 radical (unpaired) electrons. The van der Waals surface area contributed by atoms with E-state index in [0.717, 1.165) is 36.3 Å². The minimum Gasteiger partial charge on any atom is -0.343 e. The molecule has 1 fully saturated rings. The first kappa shape index (κ1) is 17.3. The monoisotopic (exact) mass is 362 g/mol. The molecule has 1 aliphatic rings. The van der Waals surface area contributed by atoms with Gasteiger partial charge >= 0.3 is 0 Å². The van der Waals surface area contributed by atoms with Crippen molar-refractivity contribution in [3.8, 4) is 11.5 Å². The fourth-order valence-corrected chi connectivity index (χ4v) is 3.47. The van der Waals surface area contributed by atoms with Gasteiger partial charge in [0.15, 0.2) is 11.6 Å². The van der Waals surface area contributed by atoms with Gasteiger partial charge < -0.3 is 9.88 Å². The van der Waals surface area contributed by atoms with Crippen LogP contribution in [0.15, 0.2) is 36.8 Å². The fraction of sp³-hybridized carbons (Fsp3) is 0.350. The van der Waals surface area contributed by atoms with E-state index in [1.54, 1.807) is 18.6 Å². The number of aromatic amines is 1. The van der Waals surface area contributed by atoms with E-state index in [9.17, 15) is 4.79 Å². The van der Waals surface area contributed by atoms with Gasteiger partial charge in [-0.15, -0.1) is 0 Å². The van der Waals surface area contributed by atoms with Crippen molar-refractivity contribution in [2.45, 2.75) is 39.2 Å². The van der Waals surface area contributed by atoms with Crippen LogP contribution in [0.3, 0.4) is 0 Å². The Morgan fingerprint density at radius 2 is 2.04 bits per heavy atom. The first-order chi connectivity index (χ1) is 13.1. The second kappa shape index (κ2) is 7.26. The largest absolute Gasteiger partial charge is 0.343 e. The number of carbonyl (C=O) groups excluding carboxylic acids is 1. The number of hydrogen-bond donors (Lipinski definition) is 1. The van der Waals surface area contributed by atoms with E-state index in [-0.39, 0.29) is 11.9 Å². The highest BCUT2D eigenvalue weighted by molar-refractivity contribution is 5.94. The summed E-state index contributed by atoms with van der Waals surface area (Å²) in [5, 5.41) is 0. The molecule has 138 valence electrons. The Kier molecular flexibility index (Phi) is 4.66. The van der Waals surface area contributed by atoms with E-state index in [2.05, 4.69) is 19.9 Å². The van der Waals surface area contributed by atoms with Gasteiger partial charge in [0, 0.05) is 36.5 Å². The summed E-state index contributed by atoms with van der Waals surface area (Å²) in [4.78, 5) is 36.0. The molecule has 1 N–H and O–H groups in total. The molecule has 7 heteroatoms. The fourth-order valence-electron chi connectivity index (χ4n) is 3.47. The van der Waals surface area contributed by atoms with Crippen LogP contribution in [-0.2, 0) is 0 Å². The first-order valence-corrected chi connectivity index (χ1v) is 9.21. The third kappa shape index (κ3) is 3.58. The lowest BCUT2D eigenvalue weighted by Crippen LogP contribution is -2.39. The van der Waals surface area contributed by atoms with Crippen LogP contribution in [0.2, 0.25) is 0 Å². The lowest BCUT2D eigenvalue weighted by atomic mass is 10.00. The van der Waals surface area contributed by atoms with E-state index >= 15 is 0 Å². The summed E-state index contributed by atoms with van der Waals surface area (Å²) in [5.74, 6) is 1.37. The molecule has 1 atom stereocenters. The summed E-state index contributed by atoms with van der Waals surface area (Å²) in [6, 6.07) is 5.47. The van der Waals surface area contributed by atoms with Crippen molar-refractivity contribution in [3.63, 3.8) is 0 Å². The third-order valence-corrected chi connectivity index (χ3v) is 4.83. The zero-order valence-electron chi connectivity index (χ0n) is 15.5. The number of H-pyrrole nitrogens is 1. The highest BCUT2D eigenvalue weighted by atomic mass is 16.2. The molecule has 0 aliphatic carbocycles. The van der Waals surface area contributed by atoms with Gasteiger partial charge in [-0.05, 0) is 51.3 Å². The highest BCUT2D eigenvalue weighted by Gasteiger charge is 2.31. The molecular weight excluding hydrogens is 340 g/mol. The predicted molar refractivity (Wildman–Crippen MR) is 101 cm³/mol. The molecular formula is C20H22N6O. The number of aryl methyl sites for hydroxylation is 2. The number of nitrogens with zero attached hydrogens (tertiary/aromatic N) is 5. The number of imidazole rings is 1. The molecule has 1 amide bonds. The maximum absolute atomic E-state index is 13.1. The second-order valence-corrected chi connectivity index (χ2v) is 6.89. The molecule has 27 heavy (non-hydrogen) atoms. The molecule has 0 spiro atoms. The molecule has 1 unspecified atom stereocenters. The summed E-state index contributed by atoms with van der Waals surface area (Å²) >= 11 is 0. The van der Waals surface area contributed by atoms with Crippen LogP contribution in [-0.4, -0.2) is 42.3 Å². The Balaban J connectivity index is 1.68. The van der Waals surface area contributed by atoms with Crippen molar-refractivity contribution >= 4 is 5.91 Å². The van der Waals surface area contributed by atoms with Crippen LogP contribution >= 0.6 is 0 Å². The predicted octanol–water partition coefficient (Wildman–Crippen LogP) is 3.25. The Hall–Kier alpha value is -3.09. The minimum atomic E-state index is -0.138. The van der Waals surface area contributed by atoms with Gasteiger partial charge in [-0.1, -0.05) is 0 Å². The number of aromatic nitrogens is 5. The Labute approximate surface area is 157 Å². The van der Waals surface area contributed by atoms with Crippen molar-refractivity contribution in [1.82, 2.24) is 29.8 Å². The average Bonchev–Trinajstić information content (AvgIpc) is 3.22. The molecule has 4 heterocycles. The van der Waals surface area contributed by atoms with Crippen molar-refractivity contribution in [2.24, 2.45) is 0 Å². The van der Waals surface area contributed by atoms with E-state index in [1.165, 1.54) is 0 Å². The molecule has 0 saturated carbocycles. The number of amides is 1. The number of pyridine rings is 1. The smallest absolute Gasteiger partial charge is 0.256 e. The molecule has 4 rings (SSSR count). The number of rotatable bonds is 3. The van der Waals surface area contributed by atoms with Crippen molar-refractivity contribution in [3.05, 3.63) is 59.6 Å². The average molecular weight is 362 g/mol. The topological polar surface area (TPSA) is 87.7 Å². The van der Waals surface area contributed by atoms with Crippen LogP contribution in [0.1, 0.15) is 52.9 Å². The standard InChI is InChI=1S/C20H22N6O/c1-13-6-7-15(12-23-13)20(27)26-10-4-3-5-17(26)19-24-14(2)11-16(25-19)18-21-8-9-22-18/h6-9,11-12,17H,3-5,10H2,1-2H3,(H,21,22). The Morgan fingerprint density at radius 1 is 1.15 bits per heavy atom. The van der Waals surface area contributed by atoms with Crippen LogP contribution in [0.4, 0.5) is 0 Å². The summed E-state index contributed by atoms with van der Waals surface area (Å²) in [6.07, 6.45) is 8.01. The van der Waals surface area contributed by atoms with E-state index in [4.69, 9.17) is 4.98 Å². The van der Waals surface area contributed by atoms with Gasteiger partial charge in [-0.25, -0.2) is 15.0 Å². The van der Waals surface area contributed by atoms with Gasteiger partial charge in [0.1, 0.15) is 5.69 Å². The Morgan fingerprint density at radius 3 is 2.78 bits per heavy atom. The molecule has 0 bridgehead atoms. The van der Waals surface area contributed by atoms with Crippen molar-refractivity contribution in [2.75, 3.05) is 6.54 Å². The summed E-state index contributed by atoms with van der Waals surface area (Å²) in [7, 11) is 0. The molecule has 0 aromatic carbocycles. The van der Waals surface area contributed by atoms with E-state index in [1.807, 2.05) is 36.9 Å². The zero-order valence-corrected chi connectivity index (χ0v) is 15.5. The zero-order chi connectivity index (χ0) is 18.8. The van der Waals surface area contributed by atoms with Gasteiger partial charge in [0.05, 0.1) is 11.6 Å². The van der Waals surface area contributed by atoms with Gasteiger partial charge in [0.25, 0.3) is 5.91 Å². The third-order valence-electron chi connectivity index (χ3n) is 4.83. The van der Waals surface area contributed by atoms with Crippen molar-refractivity contribution < 1.29 is 4.79 Å². The number of piperidine rings is 1. The molecule has 3 aromatic rings. The van der Waals surface area contributed by atoms with E-state index < -0.39 is 0 Å². The van der Waals surface area contributed by atoms with Crippen LogP contribution in [0.5, 0.6) is 0 Å². The van der Waals surface area contributed by atoms with Crippen LogP contribution in [0, 0.1) is 13.8 Å². The van der Waals surface area contributed by atoms with E-state index in [0.29, 0.717) is 23.8 Å². The maximum atomic E-state index is 13.1. The number of likely N-dealkylation sites (tertiary alicyclic amines) is 1. The first-order valence-electron chi connectivity index (χ1n) is 9.21. The lowest BCUT2D eigenvalue weighted by molar-refractivity contribution is 0.0599. The maximum Gasteiger partial charge on any atom is 0.256 e. The lowest BCUT2D eigenvalue weighted by Gasteiger charge is -2.35. The summed E-state index contributed by atoms with van der Waals surface area (Å²) < 4.78 is 0. The molecule has 1 aliphatic heterocycles. The number of carbonyl (C=O) groups is 1. The number of hydrogen-bond acceptors (Lipinski definition) is 5. The quantitative estimate of drug-likeness (QED) is 0.773. The van der Waals surface area contributed by atoms with Gasteiger partial charge in [-0.2, -0.15) is 0 Å². The SMILES string of the molecule is Cc1ccc(C(=O)N2CCCCC2c2nc(C)cc(-c3ncc[nH]3)n2)cn1. The normalized spacial score (nSPS) is 17.1. The van der Waals surface area contributed by atoms with Crippen molar-refractivity contribution in [1.29, 1.82) is 0 Å². The minimum absolute atomic E-state index is 0.0168. The van der Waals surface area contributed by atoms with Gasteiger partial charge in [0.2, 0.25) is 0 Å². The highest BCUT2D eigenvalue weighted by Crippen LogP contribution is 2.31. The molecule has 1 saturated heterocycles.